The van der Waals surface area contributed by atoms with Gasteiger partial charge < -0.3 is 10.6 Å². The lowest BCUT2D eigenvalue weighted by atomic mass is 10.0. The zero-order valence-corrected chi connectivity index (χ0v) is 16.5. The van der Waals surface area contributed by atoms with E-state index in [-0.39, 0.29) is 12.1 Å². The van der Waals surface area contributed by atoms with Crippen LogP contribution in [0.5, 0.6) is 0 Å². The third-order valence-electron chi connectivity index (χ3n) is 5.09. The zero-order chi connectivity index (χ0) is 20.1. The lowest BCUT2D eigenvalue weighted by Gasteiger charge is -2.17. The number of nitrogens with one attached hydrogen (secondary N) is 2. The lowest BCUT2D eigenvalue weighted by Crippen LogP contribution is -2.39. The molecule has 0 saturated heterocycles. The van der Waals surface area contributed by atoms with Crippen LogP contribution in [0.4, 0.5) is 4.79 Å². The van der Waals surface area contributed by atoms with E-state index in [2.05, 4.69) is 58.1 Å². The number of urea groups is 1. The van der Waals surface area contributed by atoms with Crippen molar-refractivity contribution in [1.29, 1.82) is 0 Å². The average Bonchev–Trinajstić information content (AvgIpc) is 3.18. The molecule has 0 aliphatic carbocycles. The second kappa shape index (κ2) is 8.73. The van der Waals surface area contributed by atoms with Crippen LogP contribution in [0.3, 0.4) is 0 Å². The molecule has 2 N–H and O–H groups in total. The maximum atomic E-state index is 12.5. The Morgan fingerprint density at radius 2 is 1.86 bits per heavy atom. The predicted octanol–water partition coefficient (Wildman–Crippen LogP) is 4.27. The number of carbonyl (C=O) groups excluding carboxylic acids is 1. The van der Waals surface area contributed by atoms with Crippen molar-refractivity contribution < 1.29 is 4.79 Å². The van der Waals surface area contributed by atoms with E-state index in [4.69, 9.17) is 0 Å². The summed E-state index contributed by atoms with van der Waals surface area (Å²) in [5.74, 6) is 0.756. The van der Waals surface area contributed by atoms with Crippen molar-refractivity contribution >= 4 is 22.5 Å². The zero-order valence-electron chi connectivity index (χ0n) is 16.5. The second-order valence-electron chi connectivity index (χ2n) is 7.12. The molecule has 0 spiro atoms. The van der Waals surface area contributed by atoms with Gasteiger partial charge in [0.05, 0.1) is 6.04 Å². The summed E-state index contributed by atoms with van der Waals surface area (Å²) in [6.07, 6.45) is 4.43. The van der Waals surface area contributed by atoms with E-state index in [0.717, 1.165) is 30.7 Å². The highest BCUT2D eigenvalue weighted by molar-refractivity contribution is 5.85. The fourth-order valence-corrected chi connectivity index (χ4v) is 3.68. The first-order valence-electron chi connectivity index (χ1n) is 10.1. The Morgan fingerprint density at radius 3 is 2.76 bits per heavy atom. The van der Waals surface area contributed by atoms with Gasteiger partial charge in [0, 0.05) is 12.7 Å². The van der Waals surface area contributed by atoms with Gasteiger partial charge in [-0.25, -0.2) is 4.79 Å². The molecule has 6 heteroatoms. The maximum Gasteiger partial charge on any atom is 0.315 e. The van der Waals surface area contributed by atoms with Gasteiger partial charge in [-0.2, -0.15) is 0 Å². The Labute approximate surface area is 170 Å². The molecular weight excluding hydrogens is 362 g/mol. The van der Waals surface area contributed by atoms with Crippen molar-refractivity contribution in [3.05, 3.63) is 78.2 Å². The second-order valence-corrected chi connectivity index (χ2v) is 7.12. The van der Waals surface area contributed by atoms with E-state index in [1.807, 2.05) is 40.9 Å². The van der Waals surface area contributed by atoms with Gasteiger partial charge in [-0.05, 0) is 41.3 Å². The minimum atomic E-state index is -0.185. The van der Waals surface area contributed by atoms with Crippen molar-refractivity contribution in [3.63, 3.8) is 0 Å². The summed E-state index contributed by atoms with van der Waals surface area (Å²) in [7, 11) is 0. The number of rotatable bonds is 7. The van der Waals surface area contributed by atoms with Crippen molar-refractivity contribution in [2.45, 2.75) is 32.2 Å². The third-order valence-corrected chi connectivity index (χ3v) is 5.09. The lowest BCUT2D eigenvalue weighted by molar-refractivity contribution is 0.235. The molecule has 29 heavy (non-hydrogen) atoms. The van der Waals surface area contributed by atoms with Gasteiger partial charge >= 0.3 is 6.03 Å². The van der Waals surface area contributed by atoms with Crippen LogP contribution in [-0.2, 0) is 6.42 Å². The van der Waals surface area contributed by atoms with Crippen molar-refractivity contribution in [2.75, 3.05) is 6.54 Å². The molecule has 0 aliphatic rings. The highest BCUT2D eigenvalue weighted by atomic mass is 16.2. The number of hydrogen-bond donors (Lipinski definition) is 2. The number of nitrogens with zero attached hydrogens (tertiary/aromatic N) is 3. The van der Waals surface area contributed by atoms with Gasteiger partial charge in [0.15, 0.2) is 11.5 Å². The minimum Gasteiger partial charge on any atom is -0.338 e. The summed E-state index contributed by atoms with van der Waals surface area (Å²) in [5.41, 5.74) is 2.01. The van der Waals surface area contributed by atoms with Crippen LogP contribution >= 0.6 is 0 Å². The quantitative estimate of drug-likeness (QED) is 0.498. The van der Waals surface area contributed by atoms with E-state index in [0.29, 0.717) is 6.54 Å². The first kappa shape index (κ1) is 18.9. The smallest absolute Gasteiger partial charge is 0.315 e. The van der Waals surface area contributed by atoms with E-state index in [1.54, 1.807) is 0 Å². The first-order valence-corrected chi connectivity index (χ1v) is 10.1. The Morgan fingerprint density at radius 1 is 1.03 bits per heavy atom. The van der Waals surface area contributed by atoms with E-state index < -0.39 is 0 Å². The summed E-state index contributed by atoms with van der Waals surface area (Å²) in [6.45, 7) is 2.66. The minimum absolute atomic E-state index is 0.184. The number of benzene rings is 2. The molecular formula is C23H25N5O. The van der Waals surface area contributed by atoms with Crippen LogP contribution in [0.1, 0.15) is 37.2 Å². The highest BCUT2D eigenvalue weighted by Crippen LogP contribution is 2.19. The van der Waals surface area contributed by atoms with E-state index in [9.17, 15) is 4.79 Å². The predicted molar refractivity (Wildman–Crippen MR) is 115 cm³/mol. The topological polar surface area (TPSA) is 71.3 Å². The third kappa shape index (κ3) is 4.21. The number of hydrogen-bond acceptors (Lipinski definition) is 3. The van der Waals surface area contributed by atoms with Crippen LogP contribution < -0.4 is 10.6 Å². The van der Waals surface area contributed by atoms with Gasteiger partial charge in [0.25, 0.3) is 0 Å². The summed E-state index contributed by atoms with van der Waals surface area (Å²) in [5, 5.41) is 17.0. The molecule has 4 rings (SSSR count). The molecule has 0 aliphatic heterocycles. The van der Waals surface area contributed by atoms with Crippen LogP contribution in [-0.4, -0.2) is 27.2 Å². The first-order chi connectivity index (χ1) is 14.3. The van der Waals surface area contributed by atoms with Gasteiger partial charge in [0.2, 0.25) is 0 Å². The molecule has 0 saturated carbocycles. The summed E-state index contributed by atoms with van der Waals surface area (Å²) >= 11 is 0. The Hall–Kier alpha value is -3.41. The molecule has 4 aromatic rings. The summed E-state index contributed by atoms with van der Waals surface area (Å²) in [6, 6.07) is 20.0. The average molecular weight is 387 g/mol. The van der Waals surface area contributed by atoms with Crippen LogP contribution in [0.25, 0.3) is 16.4 Å². The Bertz CT molecular complexity index is 1120. The molecule has 6 nitrogen and oxygen atoms in total. The molecule has 2 aromatic heterocycles. The van der Waals surface area contributed by atoms with Gasteiger partial charge in [0.1, 0.15) is 0 Å². The van der Waals surface area contributed by atoms with Crippen LogP contribution in [0.15, 0.2) is 66.9 Å². The summed E-state index contributed by atoms with van der Waals surface area (Å²) < 4.78 is 1.93. The molecule has 2 aromatic carbocycles. The number of aromatic nitrogens is 3. The molecule has 0 fully saturated rings. The fraction of sp³-hybridized carbons (Fsp3) is 0.261. The standard InChI is InChI=1S/C23H25N5O/c1-2-8-20(22-27-26-21-13-5-6-16-28(21)22)25-23(29)24-15-14-18-11-7-10-17-9-3-4-12-19(17)18/h3-7,9-13,16,20H,2,8,14-15H2,1H3,(H2,24,25,29). The molecule has 0 radical (unpaired) electrons. The van der Waals surface area contributed by atoms with Crippen molar-refractivity contribution in [1.82, 2.24) is 25.2 Å². The molecule has 2 heterocycles. The van der Waals surface area contributed by atoms with Crippen molar-refractivity contribution in [3.8, 4) is 0 Å². The number of amides is 2. The van der Waals surface area contributed by atoms with Crippen LogP contribution in [0.2, 0.25) is 0 Å². The molecule has 2 amide bonds. The molecule has 148 valence electrons. The Kier molecular flexibility index (Phi) is 5.70. The van der Waals surface area contributed by atoms with Gasteiger partial charge in [-0.3, -0.25) is 4.40 Å². The SMILES string of the molecule is CCCC(NC(=O)NCCc1cccc2ccccc12)c1nnc2ccccn12. The maximum absolute atomic E-state index is 12.5. The monoisotopic (exact) mass is 387 g/mol. The van der Waals surface area contributed by atoms with Gasteiger partial charge in [-0.15, -0.1) is 10.2 Å². The fourth-order valence-electron chi connectivity index (χ4n) is 3.68. The number of pyridine rings is 1. The Balaban J connectivity index is 1.40. The highest BCUT2D eigenvalue weighted by Gasteiger charge is 2.19. The normalized spacial score (nSPS) is 12.2. The van der Waals surface area contributed by atoms with E-state index >= 15 is 0 Å². The molecule has 1 atom stereocenters. The van der Waals surface area contributed by atoms with Crippen LogP contribution in [0, 0.1) is 0 Å². The summed E-state index contributed by atoms with van der Waals surface area (Å²) in [4.78, 5) is 12.5. The molecule has 0 bridgehead atoms. The number of fused-ring (bicyclic) bond motifs is 2. The van der Waals surface area contributed by atoms with E-state index in [1.165, 1.54) is 16.3 Å². The largest absolute Gasteiger partial charge is 0.338 e. The van der Waals surface area contributed by atoms with Gasteiger partial charge in [-0.1, -0.05) is 61.9 Å². The molecule has 1 unspecified atom stereocenters. The number of carbonyl (C=O) groups is 1. The van der Waals surface area contributed by atoms with Crippen molar-refractivity contribution in [2.24, 2.45) is 0 Å².